The number of halogens is 2. The van der Waals surface area contributed by atoms with Crippen LogP contribution in [0, 0.1) is 11.3 Å². The number of thioether (sulfide) groups is 1. The monoisotopic (exact) mass is 454 g/mol. The maximum atomic E-state index is 12.9. The lowest BCUT2D eigenvalue weighted by atomic mass is 9.81. The molecular weight excluding hydrogens is 431 g/mol. The summed E-state index contributed by atoms with van der Waals surface area (Å²) in [5, 5.41) is 23.9. The van der Waals surface area contributed by atoms with Crippen LogP contribution in [0.5, 0.6) is 0 Å². The number of benzene rings is 1. The highest BCUT2D eigenvalue weighted by atomic mass is 35.5. The predicted molar refractivity (Wildman–Crippen MR) is 118 cm³/mol. The Labute approximate surface area is 185 Å². The number of rotatable bonds is 9. The number of carbonyl (C=O) groups is 1. The van der Waals surface area contributed by atoms with Crippen LogP contribution in [0.4, 0.5) is 0 Å². The van der Waals surface area contributed by atoms with Crippen molar-refractivity contribution >= 4 is 40.9 Å². The Morgan fingerprint density at radius 3 is 2.72 bits per heavy atom. The van der Waals surface area contributed by atoms with Crippen molar-refractivity contribution in [3.05, 3.63) is 55.7 Å². The van der Waals surface area contributed by atoms with Gasteiger partial charge in [-0.1, -0.05) is 42.6 Å². The molecule has 156 valence electrons. The third-order valence-corrected chi connectivity index (χ3v) is 6.02. The summed E-state index contributed by atoms with van der Waals surface area (Å²) in [7, 11) is 0. The Kier molecular flexibility index (Phi) is 9.38. The van der Waals surface area contributed by atoms with E-state index in [1.165, 1.54) is 11.8 Å². The molecule has 5 nitrogen and oxygen atoms in total. The third kappa shape index (κ3) is 5.70. The molecule has 0 aliphatic carbocycles. The lowest BCUT2D eigenvalue weighted by Gasteiger charge is -2.31. The van der Waals surface area contributed by atoms with Gasteiger partial charge in [-0.05, 0) is 37.5 Å². The van der Waals surface area contributed by atoms with E-state index in [9.17, 15) is 10.1 Å². The van der Waals surface area contributed by atoms with Crippen molar-refractivity contribution in [2.45, 2.75) is 39.0 Å². The van der Waals surface area contributed by atoms with E-state index in [4.69, 9.17) is 33.0 Å². The van der Waals surface area contributed by atoms with E-state index in [2.05, 4.69) is 11.4 Å². The molecule has 0 bridgehead atoms. The van der Waals surface area contributed by atoms with Gasteiger partial charge in [0.05, 0.1) is 34.8 Å². The fourth-order valence-electron chi connectivity index (χ4n) is 3.13. The standard InChI is InChI=1S/C21H24Cl2N2O3S/c1-3-6-17-19(21(27)28-4-2)18(14-8-7-13(22)11-16(14)23)15(12-24)20(25-17)29-10-5-9-26/h7-8,11,18,25-26H,3-6,9-10H2,1-2H3. The summed E-state index contributed by atoms with van der Waals surface area (Å²) in [6.45, 7) is 4.06. The van der Waals surface area contributed by atoms with Gasteiger partial charge in [-0.25, -0.2) is 4.79 Å². The summed E-state index contributed by atoms with van der Waals surface area (Å²) in [6.07, 6.45) is 2.03. The molecule has 2 N–H and O–H groups in total. The van der Waals surface area contributed by atoms with Crippen LogP contribution in [0.3, 0.4) is 0 Å². The second kappa shape index (κ2) is 11.5. The van der Waals surface area contributed by atoms with E-state index in [1.807, 2.05) is 6.92 Å². The molecule has 1 aromatic carbocycles. The number of dihydropyridines is 1. The molecule has 0 radical (unpaired) electrons. The van der Waals surface area contributed by atoms with Gasteiger partial charge in [-0.3, -0.25) is 0 Å². The van der Waals surface area contributed by atoms with Crippen molar-refractivity contribution in [2.75, 3.05) is 19.0 Å². The maximum Gasteiger partial charge on any atom is 0.336 e. The molecule has 0 aromatic heterocycles. The number of nitrogens with one attached hydrogen (secondary N) is 1. The molecule has 1 atom stereocenters. The lowest BCUT2D eigenvalue weighted by molar-refractivity contribution is -0.138. The van der Waals surface area contributed by atoms with Crippen LogP contribution < -0.4 is 5.32 Å². The van der Waals surface area contributed by atoms with Crippen molar-refractivity contribution in [3.8, 4) is 6.07 Å². The highest BCUT2D eigenvalue weighted by Crippen LogP contribution is 2.44. The van der Waals surface area contributed by atoms with Gasteiger partial charge in [0.15, 0.2) is 0 Å². The molecule has 0 fully saturated rings. The van der Waals surface area contributed by atoms with Gasteiger partial charge in [0.2, 0.25) is 0 Å². The molecule has 8 heteroatoms. The van der Waals surface area contributed by atoms with Gasteiger partial charge >= 0.3 is 5.97 Å². The summed E-state index contributed by atoms with van der Waals surface area (Å²) >= 11 is 14.0. The molecule has 1 aliphatic rings. The molecule has 2 rings (SSSR count). The zero-order chi connectivity index (χ0) is 21.4. The van der Waals surface area contributed by atoms with Crippen LogP contribution >= 0.6 is 35.0 Å². The Bertz CT molecular complexity index is 862. The molecule has 0 saturated carbocycles. The number of aliphatic hydroxyl groups excluding tert-OH is 1. The molecule has 1 unspecified atom stereocenters. The number of nitrogens with zero attached hydrogens (tertiary/aromatic N) is 1. The van der Waals surface area contributed by atoms with Gasteiger partial charge < -0.3 is 15.2 Å². The number of hydrogen-bond donors (Lipinski definition) is 2. The summed E-state index contributed by atoms with van der Waals surface area (Å²) in [5.74, 6) is -0.478. The highest BCUT2D eigenvalue weighted by molar-refractivity contribution is 8.03. The van der Waals surface area contributed by atoms with Crippen molar-refractivity contribution in [2.24, 2.45) is 0 Å². The van der Waals surface area contributed by atoms with Crippen LogP contribution in [0.25, 0.3) is 0 Å². The molecular formula is C21H24Cl2N2O3S. The van der Waals surface area contributed by atoms with Crippen LogP contribution in [-0.2, 0) is 9.53 Å². The number of aliphatic hydroxyl groups is 1. The first-order valence-electron chi connectivity index (χ1n) is 9.48. The minimum Gasteiger partial charge on any atom is -0.463 e. The number of esters is 1. The smallest absolute Gasteiger partial charge is 0.336 e. The first kappa shape index (κ1) is 23.6. The van der Waals surface area contributed by atoms with E-state index >= 15 is 0 Å². The molecule has 0 amide bonds. The Morgan fingerprint density at radius 1 is 1.38 bits per heavy atom. The summed E-state index contributed by atoms with van der Waals surface area (Å²) in [6, 6.07) is 7.31. The molecule has 1 aliphatic heterocycles. The van der Waals surface area contributed by atoms with Crippen LogP contribution in [0.15, 0.2) is 40.1 Å². The Balaban J connectivity index is 2.67. The number of carbonyl (C=O) groups excluding carboxylic acids is 1. The quantitative estimate of drug-likeness (QED) is 0.396. The first-order valence-corrected chi connectivity index (χ1v) is 11.2. The third-order valence-electron chi connectivity index (χ3n) is 4.35. The second-order valence-corrected chi connectivity index (χ2v) is 8.32. The number of hydrogen-bond acceptors (Lipinski definition) is 6. The zero-order valence-electron chi connectivity index (χ0n) is 16.4. The van der Waals surface area contributed by atoms with Gasteiger partial charge in [0.25, 0.3) is 0 Å². The highest BCUT2D eigenvalue weighted by Gasteiger charge is 2.37. The lowest BCUT2D eigenvalue weighted by Crippen LogP contribution is -2.30. The van der Waals surface area contributed by atoms with E-state index in [-0.39, 0.29) is 13.2 Å². The number of allylic oxidation sites excluding steroid dienone is 2. The SMILES string of the molecule is CCCC1=C(C(=O)OCC)C(c2ccc(Cl)cc2Cl)C(C#N)=C(SCCCO)N1. The number of nitriles is 1. The van der Waals surface area contributed by atoms with Crippen molar-refractivity contribution in [1.82, 2.24) is 5.32 Å². The normalized spacial score (nSPS) is 16.5. The van der Waals surface area contributed by atoms with Crippen LogP contribution in [0.1, 0.15) is 44.6 Å². The van der Waals surface area contributed by atoms with Gasteiger partial charge in [0.1, 0.15) is 0 Å². The van der Waals surface area contributed by atoms with E-state index in [0.717, 1.165) is 12.1 Å². The van der Waals surface area contributed by atoms with Crippen molar-refractivity contribution in [3.63, 3.8) is 0 Å². The largest absolute Gasteiger partial charge is 0.463 e. The molecule has 1 heterocycles. The predicted octanol–water partition coefficient (Wildman–Crippen LogP) is 5.15. The first-order chi connectivity index (χ1) is 14.0. The molecule has 0 spiro atoms. The van der Waals surface area contributed by atoms with Crippen LogP contribution in [0.2, 0.25) is 10.0 Å². The topological polar surface area (TPSA) is 82.4 Å². The van der Waals surface area contributed by atoms with Crippen molar-refractivity contribution in [1.29, 1.82) is 5.26 Å². The van der Waals surface area contributed by atoms with E-state index in [1.54, 1.807) is 25.1 Å². The van der Waals surface area contributed by atoms with Crippen molar-refractivity contribution < 1.29 is 14.6 Å². The van der Waals surface area contributed by atoms with E-state index in [0.29, 0.717) is 50.4 Å². The summed E-state index contributed by atoms with van der Waals surface area (Å²) in [5.41, 5.74) is 2.17. The Hall–Kier alpha value is -1.65. The Morgan fingerprint density at radius 2 is 2.14 bits per heavy atom. The molecule has 29 heavy (non-hydrogen) atoms. The zero-order valence-corrected chi connectivity index (χ0v) is 18.8. The minimum absolute atomic E-state index is 0.0698. The molecule has 0 saturated heterocycles. The average molecular weight is 455 g/mol. The maximum absolute atomic E-state index is 12.9. The van der Waals surface area contributed by atoms with Crippen LogP contribution in [-0.4, -0.2) is 30.0 Å². The average Bonchev–Trinajstić information content (AvgIpc) is 2.68. The minimum atomic E-state index is -0.650. The fraction of sp³-hybridized carbons (Fsp3) is 0.429. The number of ether oxygens (including phenoxy) is 1. The summed E-state index contributed by atoms with van der Waals surface area (Å²) < 4.78 is 5.32. The summed E-state index contributed by atoms with van der Waals surface area (Å²) in [4.78, 5) is 12.9. The van der Waals surface area contributed by atoms with Gasteiger partial charge in [-0.15, -0.1) is 11.8 Å². The molecule has 1 aromatic rings. The van der Waals surface area contributed by atoms with Gasteiger partial charge in [-0.2, -0.15) is 5.26 Å². The fourth-order valence-corrected chi connectivity index (χ4v) is 4.64. The van der Waals surface area contributed by atoms with Gasteiger partial charge in [0, 0.05) is 28.1 Å². The second-order valence-electron chi connectivity index (χ2n) is 6.37. The van der Waals surface area contributed by atoms with E-state index < -0.39 is 11.9 Å².